The molecule has 0 saturated heterocycles. The maximum atomic E-state index is 12.9. The molecule has 0 radical (unpaired) electrons. The van der Waals surface area contributed by atoms with Crippen LogP contribution in [0.25, 0.3) is 5.57 Å². The molecular weight excluding hydrogens is 448 g/mol. The van der Waals surface area contributed by atoms with Gasteiger partial charge in [-0.1, -0.05) is 66.4 Å². The monoisotopic (exact) mass is 474 g/mol. The first-order valence-electron chi connectivity index (χ1n) is 11.3. The van der Waals surface area contributed by atoms with Crippen LogP contribution in [0.4, 0.5) is 0 Å². The van der Waals surface area contributed by atoms with Crippen molar-refractivity contribution >= 4 is 23.2 Å². The molecule has 1 amide bonds. The summed E-state index contributed by atoms with van der Waals surface area (Å²) in [6.45, 7) is 6.07. The average Bonchev–Trinajstić information content (AvgIpc) is 3.30. The lowest BCUT2D eigenvalue weighted by Crippen LogP contribution is -2.35. The Hall–Kier alpha value is -3.52. The number of rotatable bonds is 7. The van der Waals surface area contributed by atoms with Gasteiger partial charge in [-0.15, -0.1) is 16.8 Å². The number of nitrogens with zero attached hydrogens (tertiary/aromatic N) is 4. The molecule has 0 N–H and O–H groups in total. The number of aromatic nitrogens is 3. The number of fused-ring (bicyclic) bond motifs is 1. The van der Waals surface area contributed by atoms with Gasteiger partial charge in [-0.2, -0.15) is 0 Å². The first-order chi connectivity index (χ1) is 16.7. The second-order valence-electron chi connectivity index (χ2n) is 8.08. The maximum absolute atomic E-state index is 12.9. The van der Waals surface area contributed by atoms with Gasteiger partial charge in [0.2, 0.25) is 5.91 Å². The fraction of sp³-hybridized carbons (Fsp3) is 0.269. The summed E-state index contributed by atoms with van der Waals surface area (Å²) in [6.07, 6.45) is 4.42. The first kappa shape index (κ1) is 22.3. The topological polar surface area (TPSA) is 69.5 Å². The molecule has 3 aromatic rings. The second kappa shape index (κ2) is 10.2. The van der Waals surface area contributed by atoms with Crippen LogP contribution in [0.2, 0.25) is 0 Å². The van der Waals surface area contributed by atoms with Gasteiger partial charge in [0.1, 0.15) is 6.61 Å². The van der Waals surface area contributed by atoms with Crippen molar-refractivity contribution in [2.24, 2.45) is 0 Å². The molecular formula is C26H26N4O3S. The highest BCUT2D eigenvalue weighted by atomic mass is 32.2. The summed E-state index contributed by atoms with van der Waals surface area (Å²) in [6, 6.07) is 17.9. The third-order valence-electron chi connectivity index (χ3n) is 5.88. The smallest absolute Gasteiger partial charge is 0.233 e. The number of carbonyl (C=O) groups is 1. The number of amides is 1. The van der Waals surface area contributed by atoms with E-state index in [1.54, 1.807) is 6.08 Å². The van der Waals surface area contributed by atoms with Crippen molar-refractivity contribution < 1.29 is 14.3 Å². The van der Waals surface area contributed by atoms with Crippen molar-refractivity contribution in [1.29, 1.82) is 0 Å². The second-order valence-corrected chi connectivity index (χ2v) is 9.02. The minimum Gasteiger partial charge on any atom is -0.485 e. The van der Waals surface area contributed by atoms with Gasteiger partial charge in [0.25, 0.3) is 0 Å². The normalized spacial score (nSPS) is 17.2. The van der Waals surface area contributed by atoms with E-state index in [1.165, 1.54) is 22.9 Å². The zero-order chi connectivity index (χ0) is 23.3. The summed E-state index contributed by atoms with van der Waals surface area (Å²) in [5.41, 5.74) is 2.52. The van der Waals surface area contributed by atoms with Gasteiger partial charge in [-0.05, 0) is 29.7 Å². The largest absolute Gasteiger partial charge is 0.485 e. The molecule has 2 aromatic carbocycles. The van der Waals surface area contributed by atoms with Crippen LogP contribution < -0.4 is 9.47 Å². The molecule has 7 nitrogen and oxygen atoms in total. The van der Waals surface area contributed by atoms with Crippen LogP contribution in [0.1, 0.15) is 23.9 Å². The van der Waals surface area contributed by atoms with Crippen LogP contribution >= 0.6 is 11.8 Å². The Kier molecular flexibility index (Phi) is 6.67. The summed E-state index contributed by atoms with van der Waals surface area (Å²) < 4.78 is 13.9. The lowest BCUT2D eigenvalue weighted by atomic mass is 10.00. The molecule has 0 unspecified atom stereocenters. The Labute approximate surface area is 203 Å². The van der Waals surface area contributed by atoms with Gasteiger partial charge in [-0.3, -0.25) is 9.36 Å². The molecule has 2 aliphatic rings. The van der Waals surface area contributed by atoms with Crippen LogP contribution in [0.15, 0.2) is 78.5 Å². The zero-order valence-electron chi connectivity index (χ0n) is 18.8. The highest BCUT2D eigenvalue weighted by Gasteiger charge is 2.28. The van der Waals surface area contributed by atoms with E-state index in [4.69, 9.17) is 9.47 Å². The molecule has 0 saturated carbocycles. The van der Waals surface area contributed by atoms with E-state index in [0.29, 0.717) is 42.2 Å². The third-order valence-corrected chi connectivity index (χ3v) is 6.84. The fourth-order valence-electron chi connectivity index (χ4n) is 4.12. The van der Waals surface area contributed by atoms with Gasteiger partial charge in [0.05, 0.1) is 5.75 Å². The number of thioether (sulfide) groups is 1. The Balaban J connectivity index is 1.23. The summed E-state index contributed by atoms with van der Waals surface area (Å²) in [5, 5.41) is 9.38. The SMILES string of the molecule is C=CCn1c(SCC(=O)N2CC=C(c3ccccc3)CC2)nnc1[C@@H]1COc2ccccc2O1. The molecule has 174 valence electrons. The Morgan fingerprint density at radius 2 is 1.91 bits per heavy atom. The van der Waals surface area contributed by atoms with Crippen molar-refractivity contribution in [2.75, 3.05) is 25.4 Å². The van der Waals surface area contributed by atoms with Crippen LogP contribution in [0, 0.1) is 0 Å². The Bertz CT molecular complexity index is 1210. The molecule has 0 bridgehead atoms. The van der Waals surface area contributed by atoms with Gasteiger partial charge in [0.15, 0.2) is 28.6 Å². The number of carbonyl (C=O) groups excluding carboxylic acids is 1. The van der Waals surface area contributed by atoms with E-state index in [-0.39, 0.29) is 12.0 Å². The maximum Gasteiger partial charge on any atom is 0.233 e. The zero-order valence-corrected chi connectivity index (χ0v) is 19.6. The Morgan fingerprint density at radius 1 is 1.12 bits per heavy atom. The highest BCUT2D eigenvalue weighted by Crippen LogP contribution is 2.36. The van der Waals surface area contributed by atoms with Crippen molar-refractivity contribution in [3.05, 3.63) is 84.7 Å². The Morgan fingerprint density at radius 3 is 2.68 bits per heavy atom. The summed E-state index contributed by atoms with van der Waals surface area (Å²) >= 11 is 1.39. The van der Waals surface area contributed by atoms with E-state index in [1.807, 2.05) is 51.9 Å². The van der Waals surface area contributed by atoms with Crippen molar-refractivity contribution in [3.63, 3.8) is 0 Å². The summed E-state index contributed by atoms with van der Waals surface area (Å²) in [4.78, 5) is 14.8. The van der Waals surface area contributed by atoms with Gasteiger partial charge in [0, 0.05) is 19.6 Å². The molecule has 0 aliphatic carbocycles. The van der Waals surface area contributed by atoms with E-state index >= 15 is 0 Å². The van der Waals surface area contributed by atoms with E-state index in [2.05, 4.69) is 35.0 Å². The van der Waals surface area contributed by atoms with Crippen molar-refractivity contribution in [3.8, 4) is 11.5 Å². The number of benzene rings is 2. The molecule has 8 heteroatoms. The summed E-state index contributed by atoms with van der Waals surface area (Å²) in [5.74, 6) is 2.46. The third kappa shape index (κ3) is 4.72. The van der Waals surface area contributed by atoms with E-state index in [0.717, 1.165) is 18.7 Å². The summed E-state index contributed by atoms with van der Waals surface area (Å²) in [7, 11) is 0. The predicted octanol–water partition coefficient (Wildman–Crippen LogP) is 4.38. The molecule has 1 aromatic heterocycles. The first-order valence-corrected chi connectivity index (χ1v) is 12.3. The van der Waals surface area contributed by atoms with Crippen molar-refractivity contribution in [1.82, 2.24) is 19.7 Å². The van der Waals surface area contributed by atoms with Crippen molar-refractivity contribution in [2.45, 2.75) is 24.2 Å². The van der Waals surface area contributed by atoms with Crippen LogP contribution in [0.5, 0.6) is 11.5 Å². The number of hydrogen-bond acceptors (Lipinski definition) is 6. The van der Waals surface area contributed by atoms with Gasteiger partial charge >= 0.3 is 0 Å². The fourth-order valence-corrected chi connectivity index (χ4v) is 4.98. The number of hydrogen-bond donors (Lipinski definition) is 0. The molecule has 0 spiro atoms. The molecule has 2 aliphatic heterocycles. The molecule has 1 atom stereocenters. The lowest BCUT2D eigenvalue weighted by Gasteiger charge is -2.27. The molecule has 0 fully saturated rings. The minimum absolute atomic E-state index is 0.0919. The lowest BCUT2D eigenvalue weighted by molar-refractivity contribution is -0.127. The minimum atomic E-state index is -0.379. The predicted molar refractivity (Wildman–Crippen MR) is 132 cm³/mol. The average molecular weight is 475 g/mol. The van der Waals surface area contributed by atoms with Crippen LogP contribution in [-0.2, 0) is 11.3 Å². The number of ether oxygens (including phenoxy) is 2. The molecule has 3 heterocycles. The van der Waals surface area contributed by atoms with Crippen LogP contribution in [0.3, 0.4) is 0 Å². The number of para-hydroxylation sites is 2. The van der Waals surface area contributed by atoms with Gasteiger partial charge in [-0.25, -0.2) is 0 Å². The van der Waals surface area contributed by atoms with E-state index < -0.39 is 0 Å². The quantitative estimate of drug-likeness (QED) is 0.374. The van der Waals surface area contributed by atoms with E-state index in [9.17, 15) is 4.79 Å². The number of allylic oxidation sites excluding steroid dienone is 1. The standard InChI is InChI=1S/C26H26N4O3S/c1-2-14-30-25(23-17-32-21-10-6-7-11-22(21)33-23)27-28-26(30)34-18-24(31)29-15-12-20(13-16-29)19-8-4-3-5-9-19/h2-12,23H,1,13-18H2/t23-/m0/s1. The van der Waals surface area contributed by atoms with Crippen LogP contribution in [-0.4, -0.2) is 51.0 Å². The highest BCUT2D eigenvalue weighted by molar-refractivity contribution is 7.99. The van der Waals surface area contributed by atoms with Gasteiger partial charge < -0.3 is 14.4 Å². The molecule has 34 heavy (non-hydrogen) atoms. The molecule has 5 rings (SSSR count).